The molecule has 26 heavy (non-hydrogen) atoms. The molecule has 2 aromatic heterocycles. The Kier molecular flexibility index (Phi) is 4.34. The molecule has 3 heterocycles. The van der Waals surface area contributed by atoms with Crippen molar-refractivity contribution in [2.75, 3.05) is 32.1 Å². The number of hydrogen-bond donors (Lipinski definition) is 1. The maximum absolute atomic E-state index is 13.0. The first-order valence-electron chi connectivity index (χ1n) is 8.70. The lowest BCUT2D eigenvalue weighted by molar-refractivity contribution is -0.0246. The topological polar surface area (TPSA) is 67.6 Å². The van der Waals surface area contributed by atoms with E-state index in [2.05, 4.69) is 10.3 Å². The van der Waals surface area contributed by atoms with E-state index >= 15 is 0 Å². The van der Waals surface area contributed by atoms with Crippen LogP contribution in [0.15, 0.2) is 46.9 Å². The number of carbonyl (C=O) groups excluding carboxylic acids is 1. The molecule has 134 valence electrons. The van der Waals surface area contributed by atoms with E-state index < -0.39 is 0 Å². The fourth-order valence-corrected chi connectivity index (χ4v) is 3.27. The molecule has 0 aliphatic carbocycles. The number of amides is 1. The van der Waals surface area contributed by atoms with Gasteiger partial charge in [-0.1, -0.05) is 6.07 Å². The summed E-state index contributed by atoms with van der Waals surface area (Å²) in [5.41, 5.74) is 2.29. The predicted octanol–water partition coefficient (Wildman–Crippen LogP) is 3.39. The standard InChI is InChI=1S/C20H21N3O3/c1-13-10-15-11-14(6-7-17(15)26-13)20(24)23-8-9-25-18(12-23)16-4-3-5-19(21-2)22-16/h3-7,10-11,18H,8-9,12H2,1-2H3,(H,21,22). The molecule has 6 heteroatoms. The van der Waals surface area contributed by atoms with Crippen LogP contribution in [0.25, 0.3) is 11.0 Å². The van der Waals surface area contributed by atoms with Crippen LogP contribution in [0.4, 0.5) is 5.82 Å². The molecule has 1 aliphatic heterocycles. The Morgan fingerprint density at radius 2 is 2.15 bits per heavy atom. The van der Waals surface area contributed by atoms with Crippen molar-refractivity contribution >= 4 is 22.7 Å². The predicted molar refractivity (Wildman–Crippen MR) is 99.3 cm³/mol. The Labute approximate surface area is 151 Å². The summed E-state index contributed by atoms with van der Waals surface area (Å²) >= 11 is 0. The highest BCUT2D eigenvalue weighted by atomic mass is 16.5. The first-order chi connectivity index (χ1) is 12.6. The van der Waals surface area contributed by atoms with Gasteiger partial charge in [-0.3, -0.25) is 4.79 Å². The van der Waals surface area contributed by atoms with Gasteiger partial charge in [-0.25, -0.2) is 4.98 Å². The molecular formula is C20H21N3O3. The quantitative estimate of drug-likeness (QED) is 0.783. The third-order valence-electron chi connectivity index (χ3n) is 4.60. The van der Waals surface area contributed by atoms with E-state index in [-0.39, 0.29) is 12.0 Å². The van der Waals surface area contributed by atoms with Crippen LogP contribution in [0.5, 0.6) is 0 Å². The van der Waals surface area contributed by atoms with Gasteiger partial charge in [0.1, 0.15) is 23.3 Å². The molecule has 0 saturated carbocycles. The van der Waals surface area contributed by atoms with Gasteiger partial charge in [0, 0.05) is 24.5 Å². The summed E-state index contributed by atoms with van der Waals surface area (Å²) in [6.07, 6.45) is -0.221. The van der Waals surface area contributed by atoms with Crippen molar-refractivity contribution in [1.82, 2.24) is 9.88 Å². The largest absolute Gasteiger partial charge is 0.461 e. The van der Waals surface area contributed by atoms with Crippen LogP contribution in [0.3, 0.4) is 0 Å². The minimum absolute atomic E-state index is 0.00354. The molecule has 0 spiro atoms. The molecule has 1 aromatic carbocycles. The smallest absolute Gasteiger partial charge is 0.254 e. The fraction of sp³-hybridized carbons (Fsp3) is 0.300. The number of hydrogen-bond acceptors (Lipinski definition) is 5. The van der Waals surface area contributed by atoms with E-state index in [1.807, 2.05) is 61.3 Å². The lowest BCUT2D eigenvalue weighted by atomic mass is 10.1. The lowest BCUT2D eigenvalue weighted by Gasteiger charge is -2.32. The maximum Gasteiger partial charge on any atom is 0.254 e. The zero-order valence-corrected chi connectivity index (χ0v) is 14.9. The summed E-state index contributed by atoms with van der Waals surface area (Å²) in [4.78, 5) is 19.3. The number of aryl methyl sites for hydroxylation is 1. The number of rotatable bonds is 3. The lowest BCUT2D eigenvalue weighted by Crippen LogP contribution is -2.42. The molecule has 1 atom stereocenters. The zero-order valence-electron chi connectivity index (χ0n) is 14.9. The first kappa shape index (κ1) is 16.6. The van der Waals surface area contributed by atoms with Crippen molar-refractivity contribution < 1.29 is 13.9 Å². The van der Waals surface area contributed by atoms with Crippen LogP contribution in [0, 0.1) is 6.92 Å². The van der Waals surface area contributed by atoms with Crippen LogP contribution in [0.1, 0.15) is 27.9 Å². The van der Waals surface area contributed by atoms with Crippen LogP contribution in [0.2, 0.25) is 0 Å². The van der Waals surface area contributed by atoms with E-state index in [9.17, 15) is 4.79 Å². The van der Waals surface area contributed by atoms with E-state index in [0.717, 1.165) is 28.2 Å². The highest BCUT2D eigenvalue weighted by Crippen LogP contribution is 2.25. The number of benzene rings is 1. The molecule has 1 N–H and O–H groups in total. The van der Waals surface area contributed by atoms with Gasteiger partial charge in [-0.15, -0.1) is 0 Å². The maximum atomic E-state index is 13.0. The van der Waals surface area contributed by atoms with Crippen molar-refractivity contribution in [2.45, 2.75) is 13.0 Å². The van der Waals surface area contributed by atoms with Gasteiger partial charge in [-0.05, 0) is 43.3 Å². The van der Waals surface area contributed by atoms with E-state index in [1.165, 1.54) is 0 Å². The minimum Gasteiger partial charge on any atom is -0.461 e. The number of nitrogens with one attached hydrogen (secondary N) is 1. The highest BCUT2D eigenvalue weighted by molar-refractivity contribution is 5.98. The molecule has 0 radical (unpaired) electrons. The molecule has 1 unspecified atom stereocenters. The van der Waals surface area contributed by atoms with Gasteiger partial charge in [0.05, 0.1) is 18.8 Å². The number of anilines is 1. The number of morpholine rings is 1. The fourth-order valence-electron chi connectivity index (χ4n) is 3.27. The van der Waals surface area contributed by atoms with Gasteiger partial charge < -0.3 is 19.4 Å². The van der Waals surface area contributed by atoms with Crippen molar-refractivity contribution in [1.29, 1.82) is 0 Å². The van der Waals surface area contributed by atoms with E-state index in [0.29, 0.717) is 25.3 Å². The number of ether oxygens (including phenoxy) is 1. The second-order valence-electron chi connectivity index (χ2n) is 6.42. The number of fused-ring (bicyclic) bond motifs is 1. The molecule has 1 saturated heterocycles. The van der Waals surface area contributed by atoms with E-state index in [4.69, 9.17) is 9.15 Å². The minimum atomic E-state index is -0.221. The Hall–Kier alpha value is -2.86. The van der Waals surface area contributed by atoms with Crippen LogP contribution < -0.4 is 5.32 Å². The van der Waals surface area contributed by atoms with Crippen LogP contribution in [-0.2, 0) is 4.74 Å². The molecule has 0 bridgehead atoms. The summed E-state index contributed by atoms with van der Waals surface area (Å²) in [5, 5.41) is 3.98. The molecular weight excluding hydrogens is 330 g/mol. The van der Waals surface area contributed by atoms with Gasteiger partial charge in [0.25, 0.3) is 5.91 Å². The van der Waals surface area contributed by atoms with Crippen LogP contribution in [-0.4, -0.2) is 42.5 Å². The average molecular weight is 351 g/mol. The Morgan fingerprint density at radius 1 is 1.27 bits per heavy atom. The second-order valence-corrected chi connectivity index (χ2v) is 6.42. The van der Waals surface area contributed by atoms with Gasteiger partial charge >= 0.3 is 0 Å². The Morgan fingerprint density at radius 3 is 3.00 bits per heavy atom. The summed E-state index contributed by atoms with van der Waals surface area (Å²) in [6.45, 7) is 3.46. The average Bonchev–Trinajstić information content (AvgIpc) is 3.06. The number of carbonyl (C=O) groups is 1. The molecule has 4 rings (SSSR count). The van der Waals surface area contributed by atoms with Crippen molar-refractivity contribution in [3.63, 3.8) is 0 Å². The molecule has 1 fully saturated rings. The third kappa shape index (κ3) is 3.15. The first-order valence-corrected chi connectivity index (χ1v) is 8.70. The summed E-state index contributed by atoms with van der Waals surface area (Å²) in [6, 6.07) is 13.3. The molecule has 3 aromatic rings. The normalized spacial score (nSPS) is 17.5. The zero-order chi connectivity index (χ0) is 18.1. The summed E-state index contributed by atoms with van der Waals surface area (Å²) in [5.74, 6) is 1.63. The molecule has 6 nitrogen and oxygen atoms in total. The van der Waals surface area contributed by atoms with Gasteiger partial charge in [0.2, 0.25) is 0 Å². The number of pyridine rings is 1. The highest BCUT2D eigenvalue weighted by Gasteiger charge is 2.27. The Bertz CT molecular complexity index is 950. The van der Waals surface area contributed by atoms with Gasteiger partial charge in [0.15, 0.2) is 0 Å². The van der Waals surface area contributed by atoms with Crippen molar-refractivity contribution in [3.8, 4) is 0 Å². The van der Waals surface area contributed by atoms with Crippen LogP contribution >= 0.6 is 0 Å². The third-order valence-corrected chi connectivity index (χ3v) is 4.60. The summed E-state index contributed by atoms with van der Waals surface area (Å²) < 4.78 is 11.4. The van der Waals surface area contributed by atoms with E-state index in [1.54, 1.807) is 0 Å². The van der Waals surface area contributed by atoms with Crippen molar-refractivity contribution in [3.05, 3.63) is 59.5 Å². The number of aromatic nitrogens is 1. The van der Waals surface area contributed by atoms with Crippen molar-refractivity contribution in [2.24, 2.45) is 0 Å². The SMILES string of the molecule is CNc1cccc(C2CN(C(=O)c3ccc4oc(C)cc4c3)CCO2)n1. The Balaban J connectivity index is 1.55. The second kappa shape index (κ2) is 6.80. The molecule has 1 aliphatic rings. The number of nitrogens with zero attached hydrogens (tertiary/aromatic N) is 2. The number of furan rings is 1. The van der Waals surface area contributed by atoms with Gasteiger partial charge in [-0.2, -0.15) is 0 Å². The summed E-state index contributed by atoms with van der Waals surface area (Å²) in [7, 11) is 1.83. The monoisotopic (exact) mass is 351 g/mol. The molecule has 1 amide bonds.